The number of allylic oxidation sites excluding steroid dienone is 4. The Balaban J connectivity index is 1.37. The van der Waals surface area contributed by atoms with Gasteiger partial charge in [0.1, 0.15) is 0 Å². The first-order chi connectivity index (χ1) is 24.9. The highest BCUT2D eigenvalue weighted by atomic mass is 16.4. The van der Waals surface area contributed by atoms with Crippen LogP contribution in [-0.2, 0) is 0 Å². The monoisotopic (exact) mass is 663 g/mol. The summed E-state index contributed by atoms with van der Waals surface area (Å²) in [5.74, 6) is -1.89. The number of carbonyl (C=O) groups is 2. The number of rotatable bonds is 11. The van der Waals surface area contributed by atoms with E-state index in [0.29, 0.717) is 0 Å². The fourth-order valence-corrected chi connectivity index (χ4v) is 6.66. The van der Waals surface area contributed by atoms with Crippen LogP contribution >= 0.6 is 0 Å². The second kappa shape index (κ2) is 15.1. The number of aromatic carboxylic acids is 2. The van der Waals surface area contributed by atoms with Crippen LogP contribution < -0.4 is 21.3 Å². The van der Waals surface area contributed by atoms with Crippen LogP contribution in [0.25, 0.3) is 22.3 Å². The second-order valence-electron chi connectivity index (χ2n) is 12.7. The first kappa shape index (κ1) is 33.2. The first-order valence-electron chi connectivity index (χ1n) is 17.1. The summed E-state index contributed by atoms with van der Waals surface area (Å²) in [6.45, 7) is 0. The Hall–Kier alpha value is -6.33. The van der Waals surface area contributed by atoms with E-state index >= 15 is 0 Å². The minimum Gasteiger partial charge on any atom is -0.478 e. The molecule has 0 aliphatic heterocycles. The lowest BCUT2D eigenvalue weighted by molar-refractivity contribution is 0.0686. The first-order valence-corrected chi connectivity index (χ1v) is 17.1. The Labute approximate surface area is 299 Å². The van der Waals surface area contributed by atoms with E-state index in [1.165, 1.54) is 16.4 Å². The molecule has 0 amide bonds. The molecule has 0 radical (unpaired) electrons. The summed E-state index contributed by atoms with van der Waals surface area (Å²) in [5.41, 5.74) is 12.4. The van der Waals surface area contributed by atoms with E-state index in [1.54, 1.807) is 24.3 Å². The quantitative estimate of drug-likeness (QED) is 0.140. The van der Waals surface area contributed by atoms with Crippen molar-refractivity contribution >= 4 is 59.9 Å². The van der Waals surface area contributed by atoms with Crippen molar-refractivity contribution in [2.45, 2.75) is 12.8 Å². The zero-order valence-electron chi connectivity index (χ0n) is 28.1. The van der Waals surface area contributed by atoms with Gasteiger partial charge < -0.3 is 15.1 Å². The van der Waals surface area contributed by atoms with Gasteiger partial charge in [0.2, 0.25) is 0 Å². The summed E-state index contributed by atoms with van der Waals surface area (Å²) < 4.78 is 0. The van der Waals surface area contributed by atoms with Gasteiger partial charge in [0.25, 0.3) is 0 Å². The molecule has 0 unspecified atom stereocenters. The van der Waals surface area contributed by atoms with E-state index in [0.717, 1.165) is 72.2 Å². The molecule has 0 aromatic heterocycles. The Morgan fingerprint density at radius 3 is 1.69 bits per heavy atom. The van der Waals surface area contributed by atoms with Crippen LogP contribution in [0.2, 0.25) is 0 Å². The SMILES string of the molecule is O=C(O)c1ccc(-c2ccc(N(c3ccccc3Bc3ccccc3)c3ccc(-c4ccc(C(=O)O)cc4)cc3BC3=CCCC=C3)cc2)cc1. The molecular weight excluding hydrogens is 628 g/mol. The van der Waals surface area contributed by atoms with E-state index in [4.69, 9.17) is 0 Å². The average Bonchev–Trinajstić information content (AvgIpc) is 3.17. The summed E-state index contributed by atoms with van der Waals surface area (Å²) >= 11 is 0. The van der Waals surface area contributed by atoms with Gasteiger partial charge in [0.05, 0.1) is 11.1 Å². The van der Waals surface area contributed by atoms with Crippen molar-refractivity contribution < 1.29 is 19.8 Å². The van der Waals surface area contributed by atoms with Gasteiger partial charge in [-0.05, 0) is 83.6 Å². The lowest BCUT2D eigenvalue weighted by atomic mass is 9.60. The smallest absolute Gasteiger partial charge is 0.335 e. The van der Waals surface area contributed by atoms with Gasteiger partial charge in [0.15, 0.2) is 14.6 Å². The van der Waals surface area contributed by atoms with E-state index in [2.05, 4.69) is 114 Å². The molecule has 2 N–H and O–H groups in total. The lowest BCUT2D eigenvalue weighted by Gasteiger charge is -2.30. The fourth-order valence-electron chi connectivity index (χ4n) is 6.66. The molecule has 5 nitrogen and oxygen atoms in total. The molecule has 6 aromatic carbocycles. The topological polar surface area (TPSA) is 77.8 Å². The lowest BCUT2D eigenvalue weighted by Crippen LogP contribution is -2.33. The van der Waals surface area contributed by atoms with Gasteiger partial charge in [-0.25, -0.2) is 9.59 Å². The largest absolute Gasteiger partial charge is 0.478 e. The molecule has 7 rings (SSSR count). The highest BCUT2D eigenvalue weighted by molar-refractivity contribution is 6.69. The summed E-state index contributed by atoms with van der Waals surface area (Å²) in [5, 5.41) is 18.9. The number of benzene rings is 6. The van der Waals surface area contributed by atoms with Gasteiger partial charge >= 0.3 is 11.9 Å². The van der Waals surface area contributed by atoms with Gasteiger partial charge in [-0.3, -0.25) is 0 Å². The Kier molecular flexibility index (Phi) is 9.80. The maximum Gasteiger partial charge on any atom is 0.335 e. The van der Waals surface area contributed by atoms with Crippen LogP contribution in [-0.4, -0.2) is 36.7 Å². The molecule has 0 heterocycles. The van der Waals surface area contributed by atoms with Crippen LogP contribution in [0.4, 0.5) is 17.1 Å². The predicted molar refractivity (Wildman–Crippen MR) is 212 cm³/mol. The van der Waals surface area contributed by atoms with Crippen LogP contribution in [0.5, 0.6) is 0 Å². The van der Waals surface area contributed by atoms with Crippen molar-refractivity contribution in [1.29, 1.82) is 0 Å². The van der Waals surface area contributed by atoms with E-state index < -0.39 is 11.9 Å². The number of carboxylic acids is 2. The number of anilines is 3. The van der Waals surface area contributed by atoms with E-state index in [9.17, 15) is 19.8 Å². The Morgan fingerprint density at radius 1 is 0.529 bits per heavy atom. The van der Waals surface area contributed by atoms with Crippen molar-refractivity contribution in [1.82, 2.24) is 0 Å². The third-order valence-corrected chi connectivity index (χ3v) is 9.31. The minimum atomic E-state index is -0.944. The molecule has 0 bridgehead atoms. The number of hydrogen-bond acceptors (Lipinski definition) is 3. The Bertz CT molecular complexity index is 2250. The second-order valence-corrected chi connectivity index (χ2v) is 12.7. The van der Waals surface area contributed by atoms with Crippen molar-refractivity contribution in [3.8, 4) is 22.3 Å². The van der Waals surface area contributed by atoms with Crippen LogP contribution in [0.1, 0.15) is 33.6 Å². The predicted octanol–water partition coefficient (Wildman–Crippen LogP) is 7.57. The number of para-hydroxylation sites is 1. The molecule has 7 heteroatoms. The average molecular weight is 663 g/mol. The Morgan fingerprint density at radius 2 is 1.08 bits per heavy atom. The summed E-state index contributed by atoms with van der Waals surface area (Å²) in [6.07, 6.45) is 8.82. The molecule has 0 fully saturated rings. The van der Waals surface area contributed by atoms with Gasteiger partial charge in [-0.1, -0.05) is 137 Å². The van der Waals surface area contributed by atoms with Crippen molar-refractivity contribution in [2.24, 2.45) is 0 Å². The molecule has 1 aliphatic rings. The van der Waals surface area contributed by atoms with Gasteiger partial charge in [-0.2, -0.15) is 0 Å². The zero-order chi connectivity index (χ0) is 35.2. The third-order valence-electron chi connectivity index (χ3n) is 9.31. The van der Waals surface area contributed by atoms with Crippen LogP contribution in [0, 0.1) is 0 Å². The maximum absolute atomic E-state index is 11.6. The number of hydrogen-bond donors (Lipinski definition) is 2. The fraction of sp³-hybridized carbons (Fsp3) is 0.0455. The molecule has 0 atom stereocenters. The standard InChI is InChI=1S/C44H35B2NO4/c48-43(49)33-19-15-30(16-20-33)31-23-26-38(27-24-31)47(41-14-8-7-13-39(41)45-36-9-3-1-4-10-36)42-28-25-35(32-17-21-34(22-18-32)44(50)51)29-40(42)46-37-11-5-2-6-12-37/h1,3-5,7-29,45-46H,2,6H2,(H,48,49)(H,50,51). The number of nitrogens with zero attached hydrogens (tertiary/aromatic N) is 1. The normalized spacial score (nSPS) is 12.1. The van der Waals surface area contributed by atoms with Gasteiger partial charge in [0, 0.05) is 17.1 Å². The minimum absolute atomic E-state index is 0.258. The summed E-state index contributed by atoms with van der Waals surface area (Å²) in [6, 6.07) is 48.0. The highest BCUT2D eigenvalue weighted by Crippen LogP contribution is 2.35. The molecule has 0 saturated carbocycles. The molecule has 246 valence electrons. The van der Waals surface area contributed by atoms with Crippen molar-refractivity contribution in [2.75, 3.05) is 4.90 Å². The number of carboxylic acid groups (broad SMARTS) is 2. The van der Waals surface area contributed by atoms with Crippen molar-refractivity contribution in [3.05, 3.63) is 180 Å². The highest BCUT2D eigenvalue weighted by Gasteiger charge is 2.21. The molecule has 6 aromatic rings. The summed E-state index contributed by atoms with van der Waals surface area (Å²) in [4.78, 5) is 25.3. The molecule has 0 spiro atoms. The molecule has 1 aliphatic carbocycles. The maximum atomic E-state index is 11.6. The molecule has 51 heavy (non-hydrogen) atoms. The summed E-state index contributed by atoms with van der Waals surface area (Å²) in [7, 11) is 1.50. The van der Waals surface area contributed by atoms with E-state index in [1.807, 2.05) is 30.3 Å². The molecular formula is C44H35B2NO4. The third kappa shape index (κ3) is 7.63. The van der Waals surface area contributed by atoms with Gasteiger partial charge in [-0.15, -0.1) is 0 Å². The van der Waals surface area contributed by atoms with Crippen molar-refractivity contribution in [3.63, 3.8) is 0 Å². The zero-order valence-corrected chi connectivity index (χ0v) is 28.1. The van der Waals surface area contributed by atoms with Crippen LogP contribution in [0.3, 0.4) is 0 Å². The van der Waals surface area contributed by atoms with Crippen LogP contribution in [0.15, 0.2) is 169 Å². The van der Waals surface area contributed by atoms with E-state index in [-0.39, 0.29) is 11.1 Å². The molecule has 0 saturated heterocycles.